The van der Waals surface area contributed by atoms with Crippen molar-refractivity contribution in [2.24, 2.45) is 4.99 Å². The smallest absolute Gasteiger partial charge is 0.241 e. The summed E-state index contributed by atoms with van der Waals surface area (Å²) in [6, 6.07) is 1.90. The van der Waals surface area contributed by atoms with Gasteiger partial charge in [0.1, 0.15) is 6.26 Å². The number of guanidine groups is 1. The normalized spacial score (nSPS) is 19.0. The van der Waals surface area contributed by atoms with Gasteiger partial charge in [0.15, 0.2) is 5.96 Å². The van der Waals surface area contributed by atoms with Gasteiger partial charge in [0.2, 0.25) is 5.91 Å². The molecule has 0 atom stereocenters. The van der Waals surface area contributed by atoms with Gasteiger partial charge in [0, 0.05) is 58.9 Å². The van der Waals surface area contributed by atoms with Crippen LogP contribution in [0.5, 0.6) is 0 Å². The molecule has 9 heteroatoms. The minimum absolute atomic E-state index is 0. The lowest BCUT2D eigenvalue weighted by Crippen LogP contribution is -2.53. The van der Waals surface area contributed by atoms with Crippen molar-refractivity contribution in [3.63, 3.8) is 0 Å². The fourth-order valence-corrected chi connectivity index (χ4v) is 3.23. The van der Waals surface area contributed by atoms with E-state index in [0.717, 1.165) is 70.3 Å². The van der Waals surface area contributed by atoms with Crippen molar-refractivity contribution in [1.82, 2.24) is 25.2 Å². The zero-order valence-electron chi connectivity index (χ0n) is 14.7. The van der Waals surface area contributed by atoms with E-state index in [2.05, 4.69) is 25.3 Å². The van der Waals surface area contributed by atoms with Gasteiger partial charge in [0.05, 0.1) is 12.2 Å². The molecule has 140 valence electrons. The van der Waals surface area contributed by atoms with Gasteiger partial charge in [-0.3, -0.25) is 14.7 Å². The van der Waals surface area contributed by atoms with E-state index in [1.165, 1.54) is 0 Å². The van der Waals surface area contributed by atoms with Crippen LogP contribution in [0.3, 0.4) is 0 Å². The van der Waals surface area contributed by atoms with Crippen molar-refractivity contribution in [1.29, 1.82) is 0 Å². The van der Waals surface area contributed by atoms with Crippen molar-refractivity contribution < 1.29 is 9.32 Å². The van der Waals surface area contributed by atoms with Crippen molar-refractivity contribution in [2.75, 3.05) is 52.9 Å². The van der Waals surface area contributed by atoms with E-state index < -0.39 is 0 Å². The highest BCUT2D eigenvalue weighted by molar-refractivity contribution is 14.0. The largest absolute Gasteiger partial charge is 0.364 e. The molecule has 3 heterocycles. The Bertz CT molecular complexity index is 551. The minimum atomic E-state index is 0. The fraction of sp³-hybridized carbons (Fsp3) is 0.688. The predicted molar refractivity (Wildman–Crippen MR) is 106 cm³/mol. The van der Waals surface area contributed by atoms with Crippen LogP contribution < -0.4 is 5.32 Å². The van der Waals surface area contributed by atoms with Crippen molar-refractivity contribution in [3.8, 4) is 0 Å². The van der Waals surface area contributed by atoms with Crippen LogP contribution in [0.1, 0.15) is 18.5 Å². The average Bonchev–Trinajstić information content (AvgIpc) is 3.30. The Morgan fingerprint density at radius 3 is 2.52 bits per heavy atom. The Hall–Kier alpha value is -1.36. The first kappa shape index (κ1) is 20.0. The number of rotatable bonds is 4. The lowest BCUT2D eigenvalue weighted by molar-refractivity contribution is -0.128. The van der Waals surface area contributed by atoms with Gasteiger partial charge in [-0.2, -0.15) is 0 Å². The molecule has 2 aliphatic rings. The quantitative estimate of drug-likeness (QED) is 0.402. The van der Waals surface area contributed by atoms with Crippen molar-refractivity contribution in [3.05, 3.63) is 18.0 Å². The molecular formula is C16H27IN6O2. The summed E-state index contributed by atoms with van der Waals surface area (Å²) in [4.78, 5) is 22.9. The summed E-state index contributed by atoms with van der Waals surface area (Å²) in [7, 11) is 1.77. The molecule has 2 fully saturated rings. The molecule has 0 saturated carbocycles. The lowest BCUT2D eigenvalue weighted by Gasteiger charge is -2.36. The van der Waals surface area contributed by atoms with Gasteiger partial charge < -0.3 is 19.6 Å². The van der Waals surface area contributed by atoms with Gasteiger partial charge in [-0.05, 0) is 12.8 Å². The van der Waals surface area contributed by atoms with Gasteiger partial charge >= 0.3 is 0 Å². The highest BCUT2D eigenvalue weighted by atomic mass is 127. The first-order valence-corrected chi connectivity index (χ1v) is 8.61. The summed E-state index contributed by atoms with van der Waals surface area (Å²) in [6.07, 6.45) is 3.84. The third-order valence-electron chi connectivity index (χ3n) is 4.62. The number of aromatic nitrogens is 1. The Morgan fingerprint density at radius 1 is 1.20 bits per heavy atom. The van der Waals surface area contributed by atoms with E-state index in [4.69, 9.17) is 4.52 Å². The molecule has 0 bridgehead atoms. The molecule has 1 N–H and O–H groups in total. The zero-order chi connectivity index (χ0) is 16.8. The van der Waals surface area contributed by atoms with E-state index >= 15 is 0 Å². The second kappa shape index (κ2) is 9.95. The van der Waals surface area contributed by atoms with Crippen LogP contribution in [-0.2, 0) is 11.3 Å². The molecule has 25 heavy (non-hydrogen) atoms. The molecule has 2 aliphatic heterocycles. The number of carbonyl (C=O) groups is 1. The maximum absolute atomic E-state index is 12.1. The van der Waals surface area contributed by atoms with Crippen LogP contribution in [0.4, 0.5) is 0 Å². The van der Waals surface area contributed by atoms with Crippen molar-refractivity contribution in [2.45, 2.75) is 19.4 Å². The molecule has 0 aliphatic carbocycles. The lowest BCUT2D eigenvalue weighted by atomic mass is 10.3. The number of nitrogens with one attached hydrogen (secondary N) is 1. The van der Waals surface area contributed by atoms with E-state index in [-0.39, 0.29) is 29.9 Å². The third-order valence-corrected chi connectivity index (χ3v) is 4.62. The number of aliphatic imine (C=N–C) groups is 1. The van der Waals surface area contributed by atoms with Crippen LogP contribution >= 0.6 is 24.0 Å². The highest BCUT2D eigenvalue weighted by Gasteiger charge is 2.22. The topological polar surface area (TPSA) is 77.2 Å². The standard InChI is InChI=1S/C16H26N6O2.HI/c1-17-16(18-12-15(23)21-5-2-3-6-21)22-9-7-20(8-10-22)13-14-4-11-24-19-14;/h4,11H,2-3,5-10,12-13H2,1H3,(H,17,18);1H. The summed E-state index contributed by atoms with van der Waals surface area (Å²) in [6.45, 7) is 6.56. The highest BCUT2D eigenvalue weighted by Crippen LogP contribution is 2.08. The van der Waals surface area contributed by atoms with Crippen LogP contribution in [0.25, 0.3) is 0 Å². The molecule has 8 nitrogen and oxygen atoms in total. The number of hydrogen-bond acceptors (Lipinski definition) is 5. The van der Waals surface area contributed by atoms with E-state index in [1.807, 2.05) is 11.0 Å². The number of amides is 1. The molecule has 0 spiro atoms. The van der Waals surface area contributed by atoms with Crippen LogP contribution in [0.2, 0.25) is 0 Å². The Balaban J connectivity index is 0.00000225. The molecule has 1 amide bonds. The Labute approximate surface area is 165 Å². The molecule has 1 aromatic heterocycles. The summed E-state index contributed by atoms with van der Waals surface area (Å²) in [5.41, 5.74) is 0.960. The summed E-state index contributed by atoms with van der Waals surface area (Å²) in [5.74, 6) is 0.974. The molecule has 3 rings (SSSR count). The van der Waals surface area contributed by atoms with Gasteiger partial charge in [-0.25, -0.2) is 0 Å². The Morgan fingerprint density at radius 2 is 1.92 bits per heavy atom. The van der Waals surface area contributed by atoms with Crippen molar-refractivity contribution >= 4 is 35.8 Å². The fourth-order valence-electron chi connectivity index (χ4n) is 3.23. The first-order chi connectivity index (χ1) is 11.8. The maximum atomic E-state index is 12.1. The van der Waals surface area contributed by atoms with Gasteiger partial charge in [-0.15, -0.1) is 24.0 Å². The third kappa shape index (κ3) is 5.56. The molecule has 2 saturated heterocycles. The minimum Gasteiger partial charge on any atom is -0.364 e. The molecule has 0 aromatic carbocycles. The van der Waals surface area contributed by atoms with Crippen LogP contribution in [0, 0.1) is 0 Å². The number of carbonyl (C=O) groups excluding carboxylic acids is 1. The molecular weight excluding hydrogens is 435 g/mol. The molecule has 0 radical (unpaired) electrons. The van der Waals surface area contributed by atoms with E-state index in [1.54, 1.807) is 13.3 Å². The molecule has 1 aromatic rings. The monoisotopic (exact) mass is 462 g/mol. The van der Waals surface area contributed by atoms with Gasteiger partial charge in [0.25, 0.3) is 0 Å². The Kier molecular flexibility index (Phi) is 7.94. The predicted octanol–water partition coefficient (Wildman–Crippen LogP) is 0.608. The first-order valence-electron chi connectivity index (χ1n) is 8.61. The van der Waals surface area contributed by atoms with E-state index in [0.29, 0.717) is 6.54 Å². The van der Waals surface area contributed by atoms with Crippen LogP contribution in [-0.4, -0.2) is 84.6 Å². The zero-order valence-corrected chi connectivity index (χ0v) is 17.0. The van der Waals surface area contributed by atoms with Gasteiger partial charge in [-0.1, -0.05) is 5.16 Å². The summed E-state index contributed by atoms with van der Waals surface area (Å²) in [5, 5.41) is 7.17. The summed E-state index contributed by atoms with van der Waals surface area (Å²) >= 11 is 0. The summed E-state index contributed by atoms with van der Waals surface area (Å²) < 4.78 is 4.88. The number of halogens is 1. The number of hydrogen-bond donors (Lipinski definition) is 1. The second-order valence-corrected chi connectivity index (χ2v) is 6.24. The van der Waals surface area contributed by atoms with Crippen LogP contribution in [0.15, 0.2) is 21.8 Å². The van der Waals surface area contributed by atoms with E-state index in [9.17, 15) is 4.79 Å². The molecule has 0 unspecified atom stereocenters. The average molecular weight is 462 g/mol. The second-order valence-electron chi connectivity index (χ2n) is 6.24. The number of likely N-dealkylation sites (tertiary alicyclic amines) is 1. The number of nitrogens with zero attached hydrogens (tertiary/aromatic N) is 5. The maximum Gasteiger partial charge on any atom is 0.241 e. The number of piperazine rings is 1. The SMILES string of the molecule is CN=C(NCC(=O)N1CCCC1)N1CCN(Cc2ccon2)CC1.I.